The summed E-state index contributed by atoms with van der Waals surface area (Å²) in [6.07, 6.45) is 5.19. The fraction of sp³-hybridized carbons (Fsp3) is 0.400. The summed E-state index contributed by atoms with van der Waals surface area (Å²) in [4.78, 5) is 17.2. The van der Waals surface area contributed by atoms with E-state index < -0.39 is 0 Å². The Hall–Kier alpha value is -1.60. The van der Waals surface area contributed by atoms with Crippen molar-refractivity contribution in [3.63, 3.8) is 0 Å². The smallest absolute Gasteiger partial charge is 0.163 e. The summed E-state index contributed by atoms with van der Waals surface area (Å²) in [7, 11) is 1.96. The number of rotatable bonds is 3. The maximum absolute atomic E-state index is 13.1. The Balaban J connectivity index is 1.85. The molecule has 1 unspecified atom stereocenters. The van der Waals surface area contributed by atoms with Crippen LogP contribution in [0.2, 0.25) is 0 Å². The first kappa shape index (κ1) is 15.3. The van der Waals surface area contributed by atoms with Crippen LogP contribution in [0.15, 0.2) is 35.2 Å². The van der Waals surface area contributed by atoms with E-state index in [1.54, 1.807) is 18.6 Å². The molecule has 3 heterocycles. The van der Waals surface area contributed by atoms with Crippen molar-refractivity contribution in [2.45, 2.75) is 6.04 Å². The maximum Gasteiger partial charge on any atom is 0.163 e. The van der Waals surface area contributed by atoms with Crippen LogP contribution in [0.25, 0.3) is 11.4 Å². The van der Waals surface area contributed by atoms with Gasteiger partial charge in [-0.05, 0) is 35.1 Å². The van der Waals surface area contributed by atoms with Gasteiger partial charge in [-0.2, -0.15) is 0 Å². The molecule has 0 saturated carbocycles. The molecule has 7 heteroatoms. The molecule has 0 aliphatic carbocycles. The molecule has 1 saturated heterocycles. The molecule has 0 amide bonds. The number of alkyl halides is 1. The predicted octanol–water partition coefficient (Wildman–Crippen LogP) is 2.39. The summed E-state index contributed by atoms with van der Waals surface area (Å²) in [5, 5.41) is 0. The van der Waals surface area contributed by atoms with Gasteiger partial charge in [-0.15, -0.1) is 0 Å². The fourth-order valence-corrected chi connectivity index (χ4v) is 2.88. The Labute approximate surface area is 137 Å². The van der Waals surface area contributed by atoms with Gasteiger partial charge in [-0.25, -0.2) is 14.4 Å². The third-order valence-electron chi connectivity index (χ3n) is 3.88. The lowest BCUT2D eigenvalue weighted by molar-refractivity contribution is 0.183. The van der Waals surface area contributed by atoms with E-state index in [-0.39, 0.29) is 12.7 Å². The van der Waals surface area contributed by atoms with Gasteiger partial charge in [0.25, 0.3) is 0 Å². The number of hydrogen-bond donors (Lipinski definition) is 0. The Morgan fingerprint density at radius 1 is 1.36 bits per heavy atom. The van der Waals surface area contributed by atoms with Crippen molar-refractivity contribution in [3.05, 3.63) is 35.2 Å². The Bertz CT molecular complexity index is 653. The molecule has 1 atom stereocenters. The maximum atomic E-state index is 13.1. The predicted molar refractivity (Wildman–Crippen MR) is 87.6 cm³/mol. The quantitative estimate of drug-likeness (QED) is 0.835. The zero-order valence-corrected chi connectivity index (χ0v) is 13.9. The fourth-order valence-electron chi connectivity index (χ4n) is 2.52. The van der Waals surface area contributed by atoms with E-state index in [1.165, 1.54) is 0 Å². The van der Waals surface area contributed by atoms with Crippen LogP contribution in [0.1, 0.15) is 0 Å². The van der Waals surface area contributed by atoms with Crippen molar-refractivity contribution in [1.29, 1.82) is 0 Å². The molecule has 0 bridgehead atoms. The van der Waals surface area contributed by atoms with Gasteiger partial charge in [0, 0.05) is 48.3 Å². The number of hydrogen-bond acceptors (Lipinski definition) is 5. The standard InChI is InChI=1S/C15H17BrFN5/c1-21-4-5-22(10-13(21)7-17)14-2-3-19-15(20-14)11-6-12(16)9-18-8-11/h2-3,6,8-9,13H,4-5,7,10H2,1H3. The van der Waals surface area contributed by atoms with Crippen LogP contribution in [0.4, 0.5) is 10.2 Å². The minimum atomic E-state index is -0.347. The summed E-state index contributed by atoms with van der Waals surface area (Å²) < 4.78 is 14.0. The number of piperazine rings is 1. The average molecular weight is 366 g/mol. The first-order valence-electron chi connectivity index (χ1n) is 7.12. The van der Waals surface area contributed by atoms with E-state index >= 15 is 0 Å². The lowest BCUT2D eigenvalue weighted by atomic mass is 10.2. The number of anilines is 1. The zero-order chi connectivity index (χ0) is 15.5. The summed E-state index contributed by atoms with van der Waals surface area (Å²) in [5.74, 6) is 1.46. The summed E-state index contributed by atoms with van der Waals surface area (Å²) >= 11 is 3.40. The van der Waals surface area contributed by atoms with E-state index in [1.807, 2.05) is 19.2 Å². The summed E-state index contributed by atoms with van der Waals surface area (Å²) in [5.41, 5.74) is 0.854. The number of likely N-dealkylation sites (N-methyl/N-ethyl adjacent to an activating group) is 1. The van der Waals surface area contributed by atoms with Crippen molar-refractivity contribution in [3.8, 4) is 11.4 Å². The van der Waals surface area contributed by atoms with E-state index in [4.69, 9.17) is 0 Å². The second-order valence-corrected chi connectivity index (χ2v) is 6.28. The molecule has 1 fully saturated rings. The first-order valence-corrected chi connectivity index (χ1v) is 7.92. The van der Waals surface area contributed by atoms with Crippen LogP contribution in [0.3, 0.4) is 0 Å². The molecule has 2 aromatic rings. The molecule has 1 aliphatic rings. The van der Waals surface area contributed by atoms with Crippen LogP contribution in [-0.4, -0.2) is 59.3 Å². The minimum absolute atomic E-state index is 0.0836. The molecular weight excluding hydrogens is 349 g/mol. The van der Waals surface area contributed by atoms with Crippen molar-refractivity contribution in [1.82, 2.24) is 19.9 Å². The third-order valence-corrected chi connectivity index (χ3v) is 4.32. The van der Waals surface area contributed by atoms with E-state index in [0.29, 0.717) is 12.4 Å². The van der Waals surface area contributed by atoms with Gasteiger partial charge in [-0.1, -0.05) is 0 Å². The van der Waals surface area contributed by atoms with Crippen LogP contribution in [0.5, 0.6) is 0 Å². The molecule has 0 radical (unpaired) electrons. The van der Waals surface area contributed by atoms with Crippen LogP contribution >= 0.6 is 15.9 Å². The molecular formula is C15H17BrFN5. The Morgan fingerprint density at radius 2 is 2.23 bits per heavy atom. The lowest BCUT2D eigenvalue weighted by Gasteiger charge is -2.38. The molecule has 0 aromatic carbocycles. The highest BCUT2D eigenvalue weighted by Gasteiger charge is 2.25. The molecule has 22 heavy (non-hydrogen) atoms. The topological polar surface area (TPSA) is 45.2 Å². The van der Waals surface area contributed by atoms with Gasteiger partial charge in [0.05, 0.1) is 6.04 Å². The highest BCUT2D eigenvalue weighted by atomic mass is 79.9. The molecule has 1 aliphatic heterocycles. The Kier molecular flexibility index (Phi) is 4.63. The van der Waals surface area contributed by atoms with Gasteiger partial charge in [-0.3, -0.25) is 9.88 Å². The van der Waals surface area contributed by atoms with E-state index in [9.17, 15) is 4.39 Å². The molecule has 116 valence electrons. The molecule has 3 rings (SSSR count). The summed E-state index contributed by atoms with van der Waals surface area (Å²) in [6, 6.07) is 3.72. The molecule has 0 N–H and O–H groups in total. The monoisotopic (exact) mass is 365 g/mol. The normalized spacial score (nSPS) is 19.4. The minimum Gasteiger partial charge on any atom is -0.354 e. The van der Waals surface area contributed by atoms with E-state index in [0.717, 1.165) is 28.9 Å². The van der Waals surface area contributed by atoms with Gasteiger partial charge in [0.2, 0.25) is 0 Å². The first-order chi connectivity index (χ1) is 10.7. The Morgan fingerprint density at radius 3 is 3.00 bits per heavy atom. The highest BCUT2D eigenvalue weighted by molar-refractivity contribution is 9.10. The third kappa shape index (κ3) is 3.25. The zero-order valence-electron chi connectivity index (χ0n) is 12.3. The van der Waals surface area contributed by atoms with Crippen LogP contribution in [-0.2, 0) is 0 Å². The second-order valence-electron chi connectivity index (χ2n) is 5.37. The van der Waals surface area contributed by atoms with Crippen LogP contribution < -0.4 is 4.90 Å². The molecule has 5 nitrogen and oxygen atoms in total. The van der Waals surface area contributed by atoms with Gasteiger partial charge < -0.3 is 4.90 Å². The number of pyridine rings is 1. The van der Waals surface area contributed by atoms with E-state index in [2.05, 4.69) is 40.7 Å². The molecule has 2 aromatic heterocycles. The largest absolute Gasteiger partial charge is 0.354 e. The second kappa shape index (κ2) is 6.66. The van der Waals surface area contributed by atoms with Crippen molar-refractivity contribution >= 4 is 21.7 Å². The van der Waals surface area contributed by atoms with Gasteiger partial charge in [0.1, 0.15) is 12.5 Å². The number of nitrogens with zero attached hydrogens (tertiary/aromatic N) is 5. The SMILES string of the molecule is CN1CCN(c2ccnc(-c3cncc(Br)c3)n2)CC1CF. The van der Waals surface area contributed by atoms with Crippen molar-refractivity contribution < 1.29 is 4.39 Å². The molecule has 0 spiro atoms. The van der Waals surface area contributed by atoms with Crippen molar-refractivity contribution in [2.75, 3.05) is 38.3 Å². The summed E-state index contributed by atoms with van der Waals surface area (Å²) in [6.45, 7) is 1.95. The van der Waals surface area contributed by atoms with Crippen molar-refractivity contribution in [2.24, 2.45) is 0 Å². The van der Waals surface area contributed by atoms with Gasteiger partial charge in [0.15, 0.2) is 5.82 Å². The number of halogens is 2. The average Bonchev–Trinajstić information content (AvgIpc) is 2.55. The highest BCUT2D eigenvalue weighted by Crippen LogP contribution is 2.22. The lowest BCUT2D eigenvalue weighted by Crippen LogP contribution is -2.52. The number of aromatic nitrogens is 3. The van der Waals surface area contributed by atoms with Gasteiger partial charge >= 0.3 is 0 Å². The van der Waals surface area contributed by atoms with Crippen LogP contribution in [0, 0.1) is 0 Å².